The Morgan fingerprint density at radius 3 is 2.89 bits per heavy atom. The number of nitrogens with zero attached hydrogens (tertiary/aromatic N) is 1. The number of amides is 1. The second-order valence-corrected chi connectivity index (χ2v) is 6.15. The molecule has 0 saturated carbocycles. The van der Waals surface area contributed by atoms with Crippen LogP contribution in [-0.2, 0) is 4.74 Å². The lowest BCUT2D eigenvalue weighted by Gasteiger charge is -2.13. The molecule has 0 aromatic heterocycles. The van der Waals surface area contributed by atoms with Crippen molar-refractivity contribution in [1.82, 2.24) is 5.32 Å². The van der Waals surface area contributed by atoms with Gasteiger partial charge < -0.3 is 14.8 Å². The number of carbonyl (C=O) groups is 1. The van der Waals surface area contributed by atoms with Crippen LogP contribution in [0.4, 0.5) is 10.1 Å². The molecule has 1 amide bonds. The third kappa shape index (κ3) is 5.52. The first-order valence-electron chi connectivity index (χ1n) is 8.78. The Labute approximate surface area is 157 Å². The number of aliphatic imine (C=N–C) groups is 1. The molecule has 6 nitrogen and oxygen atoms in total. The van der Waals surface area contributed by atoms with Crippen LogP contribution in [0.5, 0.6) is 5.75 Å². The molecular formula is C20H22FN3O3. The van der Waals surface area contributed by atoms with E-state index in [-0.39, 0.29) is 23.8 Å². The van der Waals surface area contributed by atoms with Crippen molar-refractivity contribution in [2.45, 2.75) is 18.9 Å². The number of halogens is 1. The van der Waals surface area contributed by atoms with Crippen molar-refractivity contribution in [3.05, 3.63) is 59.9 Å². The van der Waals surface area contributed by atoms with Crippen LogP contribution in [0.1, 0.15) is 23.2 Å². The Hall–Kier alpha value is -2.93. The number of methoxy groups -OCH3 is 1. The van der Waals surface area contributed by atoms with E-state index in [1.807, 2.05) is 0 Å². The standard InChI is InChI=1S/C20H22FN3O3/c1-26-17-8-2-5-14(11-17)19(25)24-20(22-13-18-9-4-10-27-18)23-16-7-3-6-15(21)12-16/h2-3,5-8,11-12,18H,4,9-10,13H2,1H3,(H2,22,23,24,25)/t18-/m0/s1. The van der Waals surface area contributed by atoms with Crippen molar-refractivity contribution in [3.8, 4) is 5.75 Å². The number of anilines is 1. The second kappa shape index (κ2) is 9.14. The minimum Gasteiger partial charge on any atom is -0.497 e. The monoisotopic (exact) mass is 371 g/mol. The van der Waals surface area contributed by atoms with Crippen molar-refractivity contribution in [1.29, 1.82) is 0 Å². The summed E-state index contributed by atoms with van der Waals surface area (Å²) in [4.78, 5) is 17.0. The normalized spacial score (nSPS) is 16.8. The SMILES string of the molecule is COc1cccc(C(=O)NC(=NC[C@@H]2CCCO2)Nc2cccc(F)c2)c1. The molecule has 1 aliphatic rings. The fourth-order valence-electron chi connectivity index (χ4n) is 2.74. The summed E-state index contributed by atoms with van der Waals surface area (Å²) in [6, 6.07) is 12.8. The van der Waals surface area contributed by atoms with Crippen molar-refractivity contribution in [2.24, 2.45) is 4.99 Å². The zero-order valence-electron chi connectivity index (χ0n) is 15.1. The van der Waals surface area contributed by atoms with Gasteiger partial charge in [0.15, 0.2) is 0 Å². The van der Waals surface area contributed by atoms with Crippen LogP contribution in [0.2, 0.25) is 0 Å². The van der Waals surface area contributed by atoms with Gasteiger partial charge in [0.2, 0.25) is 5.96 Å². The average Bonchev–Trinajstić information content (AvgIpc) is 3.20. The van der Waals surface area contributed by atoms with E-state index in [9.17, 15) is 9.18 Å². The lowest BCUT2D eigenvalue weighted by atomic mass is 10.2. The van der Waals surface area contributed by atoms with E-state index < -0.39 is 0 Å². The van der Waals surface area contributed by atoms with Gasteiger partial charge in [0, 0.05) is 17.9 Å². The predicted molar refractivity (Wildman–Crippen MR) is 102 cm³/mol. The van der Waals surface area contributed by atoms with Gasteiger partial charge in [-0.25, -0.2) is 9.38 Å². The molecule has 1 aliphatic heterocycles. The highest BCUT2D eigenvalue weighted by Gasteiger charge is 2.16. The van der Waals surface area contributed by atoms with Gasteiger partial charge in [0.25, 0.3) is 5.91 Å². The molecule has 1 fully saturated rings. The maximum absolute atomic E-state index is 13.5. The minimum absolute atomic E-state index is 0.0306. The third-order valence-electron chi connectivity index (χ3n) is 4.13. The molecule has 2 aromatic carbocycles. The first-order chi connectivity index (χ1) is 13.1. The highest BCUT2D eigenvalue weighted by Crippen LogP contribution is 2.14. The van der Waals surface area contributed by atoms with Gasteiger partial charge >= 0.3 is 0 Å². The van der Waals surface area contributed by atoms with Gasteiger partial charge in [-0.2, -0.15) is 0 Å². The fourth-order valence-corrected chi connectivity index (χ4v) is 2.74. The lowest BCUT2D eigenvalue weighted by Crippen LogP contribution is -2.36. The fraction of sp³-hybridized carbons (Fsp3) is 0.300. The van der Waals surface area contributed by atoms with Crippen molar-refractivity contribution >= 4 is 17.6 Å². The van der Waals surface area contributed by atoms with E-state index in [4.69, 9.17) is 9.47 Å². The number of hydrogen-bond donors (Lipinski definition) is 2. The van der Waals surface area contributed by atoms with Gasteiger partial charge in [0.1, 0.15) is 11.6 Å². The smallest absolute Gasteiger partial charge is 0.258 e. The highest BCUT2D eigenvalue weighted by molar-refractivity contribution is 6.10. The summed E-state index contributed by atoms with van der Waals surface area (Å²) < 4.78 is 24.2. The minimum atomic E-state index is -0.377. The lowest BCUT2D eigenvalue weighted by molar-refractivity contribution is 0.0975. The molecule has 0 radical (unpaired) electrons. The molecule has 7 heteroatoms. The molecule has 3 rings (SSSR count). The zero-order valence-corrected chi connectivity index (χ0v) is 15.1. The van der Waals surface area contributed by atoms with Crippen LogP contribution in [0.3, 0.4) is 0 Å². The van der Waals surface area contributed by atoms with Gasteiger partial charge in [-0.1, -0.05) is 12.1 Å². The van der Waals surface area contributed by atoms with Crippen molar-refractivity contribution in [2.75, 3.05) is 25.6 Å². The summed E-state index contributed by atoms with van der Waals surface area (Å²) in [5.41, 5.74) is 0.923. The van der Waals surface area contributed by atoms with Crippen LogP contribution in [-0.4, -0.2) is 38.2 Å². The number of nitrogens with one attached hydrogen (secondary N) is 2. The molecule has 2 N–H and O–H groups in total. The topological polar surface area (TPSA) is 72.0 Å². The van der Waals surface area contributed by atoms with Gasteiger partial charge in [-0.05, 0) is 49.2 Å². The van der Waals surface area contributed by atoms with E-state index in [1.54, 1.807) is 36.4 Å². The summed E-state index contributed by atoms with van der Waals surface area (Å²) in [6.07, 6.45) is 1.96. The van der Waals surface area contributed by atoms with Crippen LogP contribution >= 0.6 is 0 Å². The second-order valence-electron chi connectivity index (χ2n) is 6.15. The number of benzene rings is 2. The molecule has 1 saturated heterocycles. The Kier molecular flexibility index (Phi) is 6.38. The zero-order chi connectivity index (χ0) is 19.1. The predicted octanol–water partition coefficient (Wildman–Crippen LogP) is 3.21. The van der Waals surface area contributed by atoms with Gasteiger partial charge in [-0.3, -0.25) is 10.1 Å². The summed E-state index contributed by atoms with van der Waals surface area (Å²) in [7, 11) is 1.54. The number of hydrogen-bond acceptors (Lipinski definition) is 4. The summed E-state index contributed by atoms with van der Waals surface area (Å²) in [6.45, 7) is 1.14. The largest absolute Gasteiger partial charge is 0.497 e. The molecular weight excluding hydrogens is 349 g/mol. The maximum Gasteiger partial charge on any atom is 0.258 e. The number of carbonyl (C=O) groups excluding carboxylic acids is 1. The Bertz CT molecular complexity index is 820. The summed E-state index contributed by atoms with van der Waals surface area (Å²) in [5, 5.41) is 5.71. The molecule has 0 unspecified atom stereocenters. The number of rotatable bonds is 5. The van der Waals surface area contributed by atoms with E-state index in [1.165, 1.54) is 19.2 Å². The first kappa shape index (κ1) is 18.8. The quantitative estimate of drug-likeness (QED) is 0.625. The molecule has 2 aromatic rings. The van der Waals surface area contributed by atoms with Crippen LogP contribution in [0.25, 0.3) is 0 Å². The van der Waals surface area contributed by atoms with Gasteiger partial charge in [0.05, 0.1) is 19.8 Å². The van der Waals surface area contributed by atoms with Crippen LogP contribution in [0.15, 0.2) is 53.5 Å². The number of ether oxygens (including phenoxy) is 2. The van der Waals surface area contributed by atoms with Crippen LogP contribution < -0.4 is 15.4 Å². The molecule has 0 bridgehead atoms. The third-order valence-corrected chi connectivity index (χ3v) is 4.13. The summed E-state index contributed by atoms with van der Waals surface area (Å²) in [5.74, 6) is 0.101. The van der Waals surface area contributed by atoms with E-state index in [0.29, 0.717) is 23.5 Å². The number of guanidine groups is 1. The summed E-state index contributed by atoms with van der Waals surface area (Å²) >= 11 is 0. The van der Waals surface area contributed by atoms with Crippen molar-refractivity contribution < 1.29 is 18.7 Å². The molecule has 27 heavy (non-hydrogen) atoms. The van der Waals surface area contributed by atoms with E-state index >= 15 is 0 Å². The van der Waals surface area contributed by atoms with Crippen molar-refractivity contribution in [3.63, 3.8) is 0 Å². The Morgan fingerprint density at radius 1 is 1.30 bits per heavy atom. The van der Waals surface area contributed by atoms with E-state index in [2.05, 4.69) is 15.6 Å². The molecule has 1 atom stereocenters. The molecule has 142 valence electrons. The van der Waals surface area contributed by atoms with Gasteiger partial charge in [-0.15, -0.1) is 0 Å². The Balaban J connectivity index is 1.75. The first-order valence-corrected chi connectivity index (χ1v) is 8.78. The maximum atomic E-state index is 13.5. The Morgan fingerprint density at radius 2 is 2.15 bits per heavy atom. The molecule has 0 spiro atoms. The molecule has 0 aliphatic carbocycles. The highest BCUT2D eigenvalue weighted by atomic mass is 19.1. The van der Waals surface area contributed by atoms with Crippen LogP contribution in [0, 0.1) is 5.82 Å². The average molecular weight is 371 g/mol. The van der Waals surface area contributed by atoms with E-state index in [0.717, 1.165) is 19.4 Å². The molecule has 1 heterocycles.